The molecule has 6 nitrogen and oxygen atoms in total. The maximum Gasteiger partial charge on any atom is 0.414 e. The van der Waals surface area contributed by atoms with Crippen molar-refractivity contribution >= 4 is 23.6 Å². The second kappa shape index (κ2) is 5.35. The normalized spacial score (nSPS) is 35.5. The summed E-state index contributed by atoms with van der Waals surface area (Å²) in [4.78, 5) is 22.5. The van der Waals surface area contributed by atoms with E-state index in [1.807, 2.05) is 5.32 Å². The van der Waals surface area contributed by atoms with Gasteiger partial charge in [0.05, 0.1) is 6.61 Å². The van der Waals surface area contributed by atoms with Crippen LogP contribution >= 0.6 is 11.6 Å². The third kappa shape index (κ3) is 2.68. The van der Waals surface area contributed by atoms with Crippen molar-refractivity contribution in [3.63, 3.8) is 0 Å². The van der Waals surface area contributed by atoms with E-state index in [1.165, 1.54) is 0 Å². The average Bonchev–Trinajstić information content (AvgIpc) is 3.15. The van der Waals surface area contributed by atoms with Gasteiger partial charge in [0.1, 0.15) is 23.2 Å². The zero-order chi connectivity index (χ0) is 15.0. The third-order valence-corrected chi connectivity index (χ3v) is 4.23. The topological polar surface area (TPSA) is 88.2 Å². The monoisotopic (exact) mass is 303 g/mol. The fourth-order valence-electron chi connectivity index (χ4n) is 2.68. The van der Waals surface area contributed by atoms with E-state index in [0.717, 1.165) is 0 Å². The van der Waals surface area contributed by atoms with Crippen LogP contribution in [0.2, 0.25) is 0 Å². The van der Waals surface area contributed by atoms with Gasteiger partial charge in [0.25, 0.3) is 0 Å². The quantitative estimate of drug-likeness (QED) is 0.463. The molecule has 1 saturated heterocycles. The van der Waals surface area contributed by atoms with Gasteiger partial charge in [0.2, 0.25) is 5.91 Å². The smallest absolute Gasteiger partial charge is 0.414 e. The van der Waals surface area contributed by atoms with E-state index in [2.05, 4.69) is 6.58 Å². The number of carbonyl (C=O) groups is 2. The highest BCUT2D eigenvalue weighted by atomic mass is 35.5. The van der Waals surface area contributed by atoms with Gasteiger partial charge in [-0.25, -0.2) is 4.79 Å². The number of halogens is 1. The fourth-order valence-corrected chi connectivity index (χ4v) is 2.75. The minimum absolute atomic E-state index is 0.213. The van der Waals surface area contributed by atoms with Crippen LogP contribution in [-0.4, -0.2) is 46.9 Å². The number of epoxide rings is 1. The number of ether oxygens (including phenoxy) is 2. The molecule has 2 N–H and O–H groups in total. The van der Waals surface area contributed by atoms with E-state index >= 15 is 0 Å². The highest BCUT2D eigenvalue weighted by molar-refractivity contribution is 6.28. The molecular formula is C13H18ClNO5. The largest absolute Gasteiger partial charge is 0.446 e. The number of rotatable bonds is 3. The van der Waals surface area contributed by atoms with Crippen LogP contribution < -0.4 is 5.32 Å². The van der Waals surface area contributed by atoms with Crippen molar-refractivity contribution in [3.05, 3.63) is 12.2 Å². The number of amides is 2. The molecule has 112 valence electrons. The Hall–Kier alpha value is -1.11. The molecule has 2 unspecified atom stereocenters. The van der Waals surface area contributed by atoms with Gasteiger partial charge in [0, 0.05) is 6.42 Å². The summed E-state index contributed by atoms with van der Waals surface area (Å²) in [5, 5.41) is 12.7. The van der Waals surface area contributed by atoms with Gasteiger partial charge < -0.3 is 14.6 Å². The van der Waals surface area contributed by atoms with Crippen LogP contribution in [0.5, 0.6) is 0 Å². The second-order valence-corrected chi connectivity index (χ2v) is 5.64. The van der Waals surface area contributed by atoms with Crippen molar-refractivity contribution in [2.45, 2.75) is 43.5 Å². The summed E-state index contributed by atoms with van der Waals surface area (Å²) in [6.45, 7) is 6.01. The van der Waals surface area contributed by atoms with Gasteiger partial charge in [-0.05, 0) is 25.3 Å². The molecule has 0 radical (unpaired) electrons. The molecule has 1 aliphatic heterocycles. The summed E-state index contributed by atoms with van der Waals surface area (Å²) in [5.74, 6) is -0.934. The summed E-state index contributed by atoms with van der Waals surface area (Å²) >= 11 is 5.28. The van der Waals surface area contributed by atoms with Crippen molar-refractivity contribution in [3.8, 4) is 0 Å². The number of imide groups is 1. The summed E-state index contributed by atoms with van der Waals surface area (Å²) in [6.07, 6.45) is 0.0210. The Morgan fingerprint density at radius 2 is 2.25 bits per heavy atom. The Kier molecular flexibility index (Phi) is 4.09. The van der Waals surface area contributed by atoms with E-state index in [-0.39, 0.29) is 12.3 Å². The first-order valence-corrected chi connectivity index (χ1v) is 6.95. The van der Waals surface area contributed by atoms with Gasteiger partial charge >= 0.3 is 6.09 Å². The van der Waals surface area contributed by atoms with Crippen LogP contribution in [0.4, 0.5) is 4.79 Å². The first-order valence-electron chi connectivity index (χ1n) is 6.42. The average molecular weight is 304 g/mol. The van der Waals surface area contributed by atoms with Crippen LogP contribution in [0, 0.1) is 0 Å². The highest BCUT2D eigenvalue weighted by Crippen LogP contribution is 2.52. The SMILES string of the molecule is C=C(C)C1(O)C[C@H](OC(=O)NC(=O)CCl)CCC12CO2. The molecule has 0 aromatic heterocycles. The first kappa shape index (κ1) is 15.3. The lowest BCUT2D eigenvalue weighted by Crippen LogP contribution is -2.53. The number of alkyl carbamates (subject to hydrolysis) is 1. The zero-order valence-electron chi connectivity index (χ0n) is 11.3. The van der Waals surface area contributed by atoms with Crippen LogP contribution in [-0.2, 0) is 14.3 Å². The lowest BCUT2D eigenvalue weighted by molar-refractivity contribution is -0.118. The number of carbonyl (C=O) groups excluding carboxylic acids is 2. The minimum Gasteiger partial charge on any atom is -0.446 e. The number of aliphatic hydroxyl groups is 1. The molecule has 2 fully saturated rings. The molecule has 20 heavy (non-hydrogen) atoms. The Bertz CT molecular complexity index is 448. The molecule has 1 saturated carbocycles. The molecule has 1 spiro atoms. The molecule has 3 atom stereocenters. The number of alkyl halides is 1. The Labute approximate surface area is 122 Å². The molecule has 0 bridgehead atoms. The summed E-state index contributed by atoms with van der Waals surface area (Å²) in [6, 6.07) is 0. The second-order valence-electron chi connectivity index (χ2n) is 5.38. The van der Waals surface area contributed by atoms with Gasteiger partial charge in [0.15, 0.2) is 0 Å². The Morgan fingerprint density at radius 1 is 1.60 bits per heavy atom. The van der Waals surface area contributed by atoms with Crippen molar-refractivity contribution in [2.75, 3.05) is 12.5 Å². The van der Waals surface area contributed by atoms with Crippen molar-refractivity contribution in [1.29, 1.82) is 0 Å². The predicted molar refractivity (Wildman–Crippen MR) is 71.4 cm³/mol. The van der Waals surface area contributed by atoms with Gasteiger partial charge in [-0.3, -0.25) is 10.1 Å². The fraction of sp³-hybridized carbons (Fsp3) is 0.692. The van der Waals surface area contributed by atoms with E-state index in [4.69, 9.17) is 21.1 Å². The number of hydrogen-bond acceptors (Lipinski definition) is 5. The number of nitrogens with one attached hydrogen (secondary N) is 1. The van der Waals surface area contributed by atoms with Crippen molar-refractivity contribution < 1.29 is 24.2 Å². The molecule has 0 aromatic rings. The van der Waals surface area contributed by atoms with E-state index in [1.54, 1.807) is 6.92 Å². The molecule has 1 heterocycles. The van der Waals surface area contributed by atoms with Gasteiger partial charge in [-0.15, -0.1) is 11.6 Å². The molecule has 7 heteroatoms. The van der Waals surface area contributed by atoms with Crippen LogP contribution in [0.15, 0.2) is 12.2 Å². The maximum absolute atomic E-state index is 11.5. The van der Waals surface area contributed by atoms with E-state index in [0.29, 0.717) is 25.0 Å². The molecule has 1 aliphatic carbocycles. The van der Waals surface area contributed by atoms with Gasteiger partial charge in [-0.1, -0.05) is 6.58 Å². The van der Waals surface area contributed by atoms with Crippen LogP contribution in [0.25, 0.3) is 0 Å². The Balaban J connectivity index is 1.97. The van der Waals surface area contributed by atoms with Crippen molar-refractivity contribution in [2.24, 2.45) is 0 Å². The Morgan fingerprint density at radius 3 is 2.75 bits per heavy atom. The summed E-state index contributed by atoms with van der Waals surface area (Å²) < 4.78 is 10.6. The number of hydrogen-bond donors (Lipinski definition) is 2. The maximum atomic E-state index is 11.5. The van der Waals surface area contributed by atoms with Crippen molar-refractivity contribution in [1.82, 2.24) is 5.32 Å². The molecular weight excluding hydrogens is 286 g/mol. The lowest BCUT2D eigenvalue weighted by atomic mass is 9.70. The predicted octanol–water partition coefficient (Wildman–Crippen LogP) is 1.11. The third-order valence-electron chi connectivity index (χ3n) is 3.98. The highest BCUT2D eigenvalue weighted by Gasteiger charge is 2.64. The van der Waals surface area contributed by atoms with E-state index < -0.39 is 29.3 Å². The molecule has 2 rings (SSSR count). The molecule has 0 aromatic carbocycles. The molecule has 2 amide bonds. The molecule has 2 aliphatic rings. The minimum atomic E-state index is -1.20. The summed E-state index contributed by atoms with van der Waals surface area (Å²) in [5.41, 5.74) is -1.20. The lowest BCUT2D eigenvalue weighted by Gasteiger charge is -2.41. The summed E-state index contributed by atoms with van der Waals surface area (Å²) in [7, 11) is 0. The zero-order valence-corrected chi connectivity index (χ0v) is 12.0. The van der Waals surface area contributed by atoms with E-state index in [9.17, 15) is 14.7 Å². The van der Waals surface area contributed by atoms with Crippen LogP contribution in [0.3, 0.4) is 0 Å². The first-order chi connectivity index (χ1) is 9.33. The van der Waals surface area contributed by atoms with Gasteiger partial charge in [-0.2, -0.15) is 0 Å². The van der Waals surface area contributed by atoms with Crippen LogP contribution in [0.1, 0.15) is 26.2 Å². The standard InChI is InChI=1S/C13H18ClNO5/c1-8(2)13(18)5-9(3-4-12(13)7-19-12)20-11(17)15-10(16)6-14/h9,18H,1,3-7H2,2H3,(H,15,16,17)/t9-,12?,13?/m1/s1.